The van der Waals surface area contributed by atoms with E-state index in [4.69, 9.17) is 0 Å². The summed E-state index contributed by atoms with van der Waals surface area (Å²) in [7, 11) is 0. The van der Waals surface area contributed by atoms with E-state index in [0.717, 1.165) is 5.56 Å². The molecule has 72 valence electrons. The fourth-order valence-electron chi connectivity index (χ4n) is 1.44. The molecule has 1 aromatic heterocycles. The van der Waals surface area contributed by atoms with E-state index in [0.29, 0.717) is 9.86 Å². The Labute approximate surface area is 87.9 Å². The number of aromatic amines is 1. The summed E-state index contributed by atoms with van der Waals surface area (Å²) in [6, 6.07) is 3.03. The molecule has 0 unspecified atom stereocenters. The van der Waals surface area contributed by atoms with Crippen LogP contribution in [0, 0.1) is 12.7 Å². The van der Waals surface area contributed by atoms with Gasteiger partial charge in [-0.25, -0.2) is 4.39 Å². The number of pyridine rings is 1. The van der Waals surface area contributed by atoms with E-state index in [-0.39, 0.29) is 5.39 Å². The van der Waals surface area contributed by atoms with Crippen molar-refractivity contribution in [1.29, 1.82) is 0 Å². The summed E-state index contributed by atoms with van der Waals surface area (Å²) in [5.41, 5.74) is 0.454. The monoisotopic (exact) mass is 255 g/mol. The van der Waals surface area contributed by atoms with Crippen molar-refractivity contribution in [3.63, 3.8) is 0 Å². The molecule has 2 nitrogen and oxygen atoms in total. The highest BCUT2D eigenvalue weighted by Crippen LogP contribution is 2.22. The highest BCUT2D eigenvalue weighted by molar-refractivity contribution is 9.10. The fraction of sp³-hybridized carbons (Fsp3) is 0.100. The van der Waals surface area contributed by atoms with Crippen molar-refractivity contribution in [2.24, 2.45) is 0 Å². The Kier molecular flexibility index (Phi) is 2.15. The summed E-state index contributed by atoms with van der Waals surface area (Å²) in [5, 5.41) is 0.758. The first kappa shape index (κ1) is 9.40. The lowest BCUT2D eigenvalue weighted by atomic mass is 10.1. The molecule has 0 aliphatic heterocycles. The minimum atomic E-state index is -0.501. The van der Waals surface area contributed by atoms with Crippen LogP contribution >= 0.6 is 15.9 Å². The van der Waals surface area contributed by atoms with Crippen LogP contribution in [0.25, 0.3) is 10.8 Å². The number of H-pyrrole nitrogens is 1. The standard InChI is InChI=1S/C10H7BrFNO/c1-5-4-13-10(14)9-7(5)2-6(11)3-8(9)12/h2-4H,1H3,(H,13,14). The van der Waals surface area contributed by atoms with E-state index in [2.05, 4.69) is 20.9 Å². The zero-order valence-electron chi connectivity index (χ0n) is 7.40. The van der Waals surface area contributed by atoms with Crippen LogP contribution in [0.1, 0.15) is 5.56 Å². The molecule has 0 atom stereocenters. The molecule has 0 aliphatic rings. The van der Waals surface area contributed by atoms with Crippen molar-refractivity contribution in [2.75, 3.05) is 0 Å². The number of benzene rings is 1. The molecular formula is C10H7BrFNO. The molecule has 2 rings (SSSR count). The lowest BCUT2D eigenvalue weighted by Gasteiger charge is -2.02. The summed E-state index contributed by atoms with van der Waals surface area (Å²) < 4.78 is 14.1. The topological polar surface area (TPSA) is 32.9 Å². The SMILES string of the molecule is Cc1c[nH]c(=O)c2c(F)cc(Br)cc12. The van der Waals surface area contributed by atoms with Crippen LogP contribution in [-0.4, -0.2) is 4.98 Å². The predicted molar refractivity (Wildman–Crippen MR) is 57.0 cm³/mol. The van der Waals surface area contributed by atoms with Gasteiger partial charge in [-0.1, -0.05) is 15.9 Å². The zero-order valence-corrected chi connectivity index (χ0v) is 8.98. The third kappa shape index (κ3) is 1.35. The summed E-state index contributed by atoms with van der Waals surface area (Å²) in [4.78, 5) is 13.8. The van der Waals surface area contributed by atoms with Crippen LogP contribution in [-0.2, 0) is 0 Å². The second kappa shape index (κ2) is 3.20. The quantitative estimate of drug-likeness (QED) is 0.772. The van der Waals surface area contributed by atoms with Crippen LogP contribution in [0.2, 0.25) is 0 Å². The molecule has 0 aliphatic carbocycles. The molecule has 0 saturated heterocycles. The third-order valence-corrected chi connectivity index (χ3v) is 2.58. The van der Waals surface area contributed by atoms with Gasteiger partial charge in [0.1, 0.15) is 5.82 Å². The van der Waals surface area contributed by atoms with Crippen LogP contribution < -0.4 is 5.56 Å². The normalized spacial score (nSPS) is 10.8. The van der Waals surface area contributed by atoms with Gasteiger partial charge in [0.15, 0.2) is 0 Å². The molecule has 1 aromatic carbocycles. The highest BCUT2D eigenvalue weighted by atomic mass is 79.9. The van der Waals surface area contributed by atoms with E-state index in [1.165, 1.54) is 6.07 Å². The van der Waals surface area contributed by atoms with Gasteiger partial charge in [0.05, 0.1) is 5.39 Å². The van der Waals surface area contributed by atoms with E-state index in [1.54, 1.807) is 12.3 Å². The second-order valence-electron chi connectivity index (χ2n) is 3.11. The van der Waals surface area contributed by atoms with Crippen LogP contribution in [0.15, 0.2) is 27.6 Å². The van der Waals surface area contributed by atoms with Gasteiger partial charge in [-0.05, 0) is 30.0 Å². The lowest BCUT2D eigenvalue weighted by molar-refractivity contribution is 0.637. The molecule has 14 heavy (non-hydrogen) atoms. The maximum Gasteiger partial charge on any atom is 0.258 e. The number of aryl methyl sites for hydroxylation is 1. The molecule has 1 heterocycles. The largest absolute Gasteiger partial charge is 0.328 e. The molecule has 0 radical (unpaired) electrons. The Morgan fingerprint density at radius 1 is 1.43 bits per heavy atom. The number of hydrogen-bond donors (Lipinski definition) is 1. The molecular weight excluding hydrogens is 249 g/mol. The minimum Gasteiger partial charge on any atom is -0.328 e. The Bertz CT molecular complexity index is 562. The number of fused-ring (bicyclic) bond motifs is 1. The predicted octanol–water partition coefficient (Wildman–Crippen LogP) is 2.74. The number of nitrogens with one attached hydrogen (secondary N) is 1. The summed E-state index contributed by atoms with van der Waals surface area (Å²) in [5.74, 6) is -0.501. The Morgan fingerprint density at radius 2 is 2.14 bits per heavy atom. The number of aromatic nitrogens is 1. The molecule has 0 bridgehead atoms. The smallest absolute Gasteiger partial charge is 0.258 e. The highest BCUT2D eigenvalue weighted by Gasteiger charge is 2.08. The van der Waals surface area contributed by atoms with Crippen molar-refractivity contribution in [2.45, 2.75) is 6.92 Å². The Hall–Kier alpha value is -1.16. The first-order valence-electron chi connectivity index (χ1n) is 4.06. The van der Waals surface area contributed by atoms with Crippen molar-refractivity contribution in [1.82, 2.24) is 4.98 Å². The summed E-state index contributed by atoms with van der Waals surface area (Å²) in [6.07, 6.45) is 1.58. The van der Waals surface area contributed by atoms with Gasteiger partial charge in [0.25, 0.3) is 5.56 Å². The van der Waals surface area contributed by atoms with Gasteiger partial charge >= 0.3 is 0 Å². The van der Waals surface area contributed by atoms with Crippen molar-refractivity contribution in [3.05, 3.63) is 44.5 Å². The minimum absolute atomic E-state index is 0.119. The van der Waals surface area contributed by atoms with Gasteiger partial charge in [-0.15, -0.1) is 0 Å². The van der Waals surface area contributed by atoms with Crippen molar-refractivity contribution in [3.8, 4) is 0 Å². The first-order valence-corrected chi connectivity index (χ1v) is 4.86. The van der Waals surface area contributed by atoms with Crippen LogP contribution in [0.5, 0.6) is 0 Å². The van der Waals surface area contributed by atoms with Gasteiger partial charge < -0.3 is 4.98 Å². The average Bonchev–Trinajstić information content (AvgIpc) is 2.10. The molecule has 0 spiro atoms. The average molecular weight is 256 g/mol. The summed E-state index contributed by atoms with van der Waals surface area (Å²) >= 11 is 3.19. The maximum absolute atomic E-state index is 13.4. The number of halogens is 2. The van der Waals surface area contributed by atoms with Crippen LogP contribution in [0.3, 0.4) is 0 Å². The zero-order chi connectivity index (χ0) is 10.3. The van der Waals surface area contributed by atoms with Gasteiger partial charge in [0, 0.05) is 10.7 Å². The van der Waals surface area contributed by atoms with Gasteiger partial charge in [0.2, 0.25) is 0 Å². The fourth-order valence-corrected chi connectivity index (χ4v) is 1.87. The van der Waals surface area contributed by atoms with E-state index in [9.17, 15) is 9.18 Å². The van der Waals surface area contributed by atoms with Gasteiger partial charge in [-0.3, -0.25) is 4.79 Å². The number of rotatable bonds is 0. The van der Waals surface area contributed by atoms with Crippen molar-refractivity contribution < 1.29 is 4.39 Å². The second-order valence-corrected chi connectivity index (χ2v) is 4.03. The molecule has 4 heteroatoms. The molecule has 1 N–H and O–H groups in total. The van der Waals surface area contributed by atoms with Gasteiger partial charge in [-0.2, -0.15) is 0 Å². The maximum atomic E-state index is 13.4. The van der Waals surface area contributed by atoms with E-state index in [1.807, 2.05) is 6.92 Å². The Morgan fingerprint density at radius 3 is 2.86 bits per heavy atom. The first-order chi connectivity index (χ1) is 6.59. The summed E-state index contributed by atoms with van der Waals surface area (Å²) in [6.45, 7) is 1.82. The van der Waals surface area contributed by atoms with E-state index < -0.39 is 11.4 Å². The molecule has 0 amide bonds. The van der Waals surface area contributed by atoms with Crippen LogP contribution in [0.4, 0.5) is 4.39 Å². The molecule has 0 saturated carbocycles. The third-order valence-electron chi connectivity index (χ3n) is 2.13. The Balaban J connectivity index is 3.08. The molecule has 2 aromatic rings. The lowest BCUT2D eigenvalue weighted by Crippen LogP contribution is -2.08. The number of hydrogen-bond acceptors (Lipinski definition) is 1. The molecule has 0 fully saturated rings. The van der Waals surface area contributed by atoms with Crippen molar-refractivity contribution >= 4 is 26.7 Å². The van der Waals surface area contributed by atoms with E-state index >= 15 is 0 Å².